The summed E-state index contributed by atoms with van der Waals surface area (Å²) in [6.07, 6.45) is 2.16. The van der Waals surface area contributed by atoms with Crippen molar-refractivity contribution in [1.29, 1.82) is 0 Å². The first kappa shape index (κ1) is 8.48. The highest BCUT2D eigenvalue weighted by Gasteiger charge is 2.46. The van der Waals surface area contributed by atoms with Gasteiger partial charge in [-0.2, -0.15) is 0 Å². The number of rotatable bonds is 0. The molecule has 0 radical (unpaired) electrons. The number of hydrogen-bond donors (Lipinski definition) is 2. The summed E-state index contributed by atoms with van der Waals surface area (Å²) in [7, 11) is 0. The molecule has 0 saturated carbocycles. The molecule has 2 aliphatic heterocycles. The molecule has 70 valence electrons. The Hall–Kier alpha value is -0.120. The maximum Gasteiger partial charge on any atom is 0.0860 e. The largest absolute Gasteiger partial charge is 0.373 e. The lowest BCUT2D eigenvalue weighted by atomic mass is 9.82. The van der Waals surface area contributed by atoms with Gasteiger partial charge in [-0.25, -0.2) is 0 Å². The van der Waals surface area contributed by atoms with Gasteiger partial charge in [-0.05, 0) is 31.8 Å². The predicted molar refractivity (Wildman–Crippen MR) is 47.9 cm³/mol. The Labute approximate surface area is 73.7 Å². The van der Waals surface area contributed by atoms with Crippen molar-refractivity contribution < 1.29 is 4.74 Å². The van der Waals surface area contributed by atoms with Crippen LogP contribution in [0.1, 0.15) is 19.8 Å². The molecule has 12 heavy (non-hydrogen) atoms. The minimum absolute atomic E-state index is 0.0185. The molecule has 0 aromatic rings. The number of nitrogens with two attached hydrogens (primary N) is 1. The van der Waals surface area contributed by atoms with E-state index in [1.54, 1.807) is 0 Å². The zero-order chi connectivity index (χ0) is 8.60. The van der Waals surface area contributed by atoms with E-state index in [9.17, 15) is 0 Å². The highest BCUT2D eigenvalue weighted by molar-refractivity contribution is 5.01. The predicted octanol–water partition coefficient (Wildman–Crippen LogP) is 0.102. The fraction of sp³-hybridized carbons (Fsp3) is 1.00. The zero-order valence-electron chi connectivity index (χ0n) is 7.68. The first-order valence-corrected chi connectivity index (χ1v) is 4.85. The van der Waals surface area contributed by atoms with E-state index in [0.717, 1.165) is 32.5 Å². The van der Waals surface area contributed by atoms with Gasteiger partial charge in [-0.3, -0.25) is 0 Å². The van der Waals surface area contributed by atoms with Crippen LogP contribution in [0, 0.1) is 5.92 Å². The van der Waals surface area contributed by atoms with Crippen LogP contribution in [0.5, 0.6) is 0 Å². The van der Waals surface area contributed by atoms with Crippen molar-refractivity contribution in [3.63, 3.8) is 0 Å². The fourth-order valence-electron chi connectivity index (χ4n) is 2.34. The SMILES string of the molecule is C[C@@H]1COC2(CCNCC2)[C@H]1N. The van der Waals surface area contributed by atoms with Gasteiger partial charge in [0.2, 0.25) is 0 Å². The van der Waals surface area contributed by atoms with Crippen LogP contribution in [0.3, 0.4) is 0 Å². The van der Waals surface area contributed by atoms with E-state index < -0.39 is 0 Å². The van der Waals surface area contributed by atoms with E-state index in [4.69, 9.17) is 10.5 Å². The Morgan fingerprint density at radius 3 is 2.58 bits per heavy atom. The molecule has 0 bridgehead atoms. The van der Waals surface area contributed by atoms with Gasteiger partial charge in [0.15, 0.2) is 0 Å². The number of hydrogen-bond acceptors (Lipinski definition) is 3. The standard InChI is InChI=1S/C9H18N2O/c1-7-6-12-9(8(7)10)2-4-11-5-3-9/h7-8,11H,2-6,10H2,1H3/t7-,8+/m1/s1. The van der Waals surface area contributed by atoms with E-state index in [-0.39, 0.29) is 11.6 Å². The lowest BCUT2D eigenvalue weighted by Crippen LogP contribution is -2.53. The maximum absolute atomic E-state index is 6.14. The molecule has 2 saturated heterocycles. The molecule has 0 amide bonds. The molecule has 3 heteroatoms. The Kier molecular flexibility index (Phi) is 2.10. The average Bonchev–Trinajstić information content (AvgIpc) is 2.37. The van der Waals surface area contributed by atoms with E-state index in [0.29, 0.717) is 5.92 Å². The summed E-state index contributed by atoms with van der Waals surface area (Å²) >= 11 is 0. The van der Waals surface area contributed by atoms with Gasteiger partial charge in [0, 0.05) is 6.04 Å². The normalized spacial score (nSPS) is 40.5. The molecule has 2 heterocycles. The van der Waals surface area contributed by atoms with E-state index in [1.165, 1.54) is 0 Å². The molecule has 0 aliphatic carbocycles. The lowest BCUT2D eigenvalue weighted by molar-refractivity contribution is -0.0275. The number of nitrogens with one attached hydrogen (secondary N) is 1. The topological polar surface area (TPSA) is 47.3 Å². The van der Waals surface area contributed by atoms with Crippen LogP contribution < -0.4 is 11.1 Å². The van der Waals surface area contributed by atoms with Crippen LogP contribution >= 0.6 is 0 Å². The first-order chi connectivity index (χ1) is 5.75. The van der Waals surface area contributed by atoms with Crippen LogP contribution in [0.25, 0.3) is 0 Å². The van der Waals surface area contributed by atoms with Gasteiger partial charge < -0.3 is 15.8 Å². The number of piperidine rings is 1. The summed E-state index contributed by atoms with van der Waals surface area (Å²) in [6, 6.07) is 0.250. The van der Waals surface area contributed by atoms with Crippen molar-refractivity contribution in [2.75, 3.05) is 19.7 Å². The van der Waals surface area contributed by atoms with Crippen LogP contribution in [0.4, 0.5) is 0 Å². The van der Waals surface area contributed by atoms with Crippen LogP contribution in [-0.4, -0.2) is 31.3 Å². The summed E-state index contributed by atoms with van der Waals surface area (Å²) in [4.78, 5) is 0. The zero-order valence-corrected chi connectivity index (χ0v) is 7.68. The molecule has 2 fully saturated rings. The molecule has 2 aliphatic rings. The summed E-state index contributed by atoms with van der Waals surface area (Å²) in [5.41, 5.74) is 6.15. The Morgan fingerprint density at radius 1 is 1.42 bits per heavy atom. The molecule has 3 N–H and O–H groups in total. The van der Waals surface area contributed by atoms with Crippen molar-refractivity contribution in [1.82, 2.24) is 5.32 Å². The molecular weight excluding hydrogens is 152 g/mol. The minimum Gasteiger partial charge on any atom is -0.373 e. The van der Waals surface area contributed by atoms with E-state index in [2.05, 4.69) is 12.2 Å². The summed E-state index contributed by atoms with van der Waals surface area (Å²) < 4.78 is 5.84. The second-order valence-corrected chi connectivity index (χ2v) is 4.13. The monoisotopic (exact) mass is 170 g/mol. The van der Waals surface area contributed by atoms with E-state index in [1.807, 2.05) is 0 Å². The number of ether oxygens (including phenoxy) is 1. The fourth-order valence-corrected chi connectivity index (χ4v) is 2.34. The van der Waals surface area contributed by atoms with Crippen molar-refractivity contribution >= 4 is 0 Å². The van der Waals surface area contributed by atoms with Gasteiger partial charge >= 0.3 is 0 Å². The summed E-state index contributed by atoms with van der Waals surface area (Å²) in [5, 5.41) is 3.34. The van der Waals surface area contributed by atoms with Crippen LogP contribution in [0.15, 0.2) is 0 Å². The minimum atomic E-state index is 0.0185. The molecule has 0 aromatic carbocycles. The quantitative estimate of drug-likeness (QED) is 0.542. The van der Waals surface area contributed by atoms with Crippen LogP contribution in [-0.2, 0) is 4.74 Å². The Balaban J connectivity index is 2.09. The summed E-state index contributed by atoms with van der Waals surface area (Å²) in [6.45, 7) is 5.14. The Morgan fingerprint density at radius 2 is 2.08 bits per heavy atom. The summed E-state index contributed by atoms with van der Waals surface area (Å²) in [5.74, 6) is 0.531. The van der Waals surface area contributed by atoms with Crippen molar-refractivity contribution in [2.24, 2.45) is 11.7 Å². The van der Waals surface area contributed by atoms with E-state index >= 15 is 0 Å². The molecule has 1 spiro atoms. The third-order valence-corrected chi connectivity index (χ3v) is 3.30. The molecule has 2 rings (SSSR count). The Bertz CT molecular complexity index is 160. The molecule has 2 atom stereocenters. The highest BCUT2D eigenvalue weighted by atomic mass is 16.5. The van der Waals surface area contributed by atoms with Crippen molar-refractivity contribution in [3.05, 3.63) is 0 Å². The molecule has 0 unspecified atom stereocenters. The van der Waals surface area contributed by atoms with Gasteiger partial charge in [0.25, 0.3) is 0 Å². The smallest absolute Gasteiger partial charge is 0.0860 e. The average molecular weight is 170 g/mol. The van der Waals surface area contributed by atoms with Crippen molar-refractivity contribution in [2.45, 2.75) is 31.4 Å². The molecule has 0 aromatic heterocycles. The maximum atomic E-state index is 6.14. The van der Waals surface area contributed by atoms with Gasteiger partial charge in [0.1, 0.15) is 0 Å². The van der Waals surface area contributed by atoms with Crippen molar-refractivity contribution in [3.8, 4) is 0 Å². The highest BCUT2D eigenvalue weighted by Crippen LogP contribution is 2.35. The second kappa shape index (κ2) is 2.98. The lowest BCUT2D eigenvalue weighted by Gasteiger charge is -2.37. The second-order valence-electron chi connectivity index (χ2n) is 4.13. The third kappa shape index (κ3) is 1.16. The molecular formula is C9H18N2O. The van der Waals surface area contributed by atoms with Gasteiger partial charge in [0.05, 0.1) is 12.2 Å². The van der Waals surface area contributed by atoms with Crippen LogP contribution in [0.2, 0.25) is 0 Å². The first-order valence-electron chi connectivity index (χ1n) is 4.85. The molecule has 3 nitrogen and oxygen atoms in total. The van der Waals surface area contributed by atoms with Gasteiger partial charge in [-0.15, -0.1) is 0 Å². The third-order valence-electron chi connectivity index (χ3n) is 3.30. The van der Waals surface area contributed by atoms with Gasteiger partial charge in [-0.1, -0.05) is 6.92 Å².